The van der Waals surface area contributed by atoms with E-state index in [1.807, 2.05) is 6.92 Å². The van der Waals surface area contributed by atoms with Crippen molar-refractivity contribution in [1.82, 2.24) is 4.90 Å². The predicted octanol–water partition coefficient (Wildman–Crippen LogP) is 2.65. The van der Waals surface area contributed by atoms with E-state index in [0.29, 0.717) is 11.6 Å². The van der Waals surface area contributed by atoms with Gasteiger partial charge in [0.15, 0.2) is 0 Å². The summed E-state index contributed by atoms with van der Waals surface area (Å²) in [5.41, 5.74) is 0.429. The number of anilines is 1. The lowest BCUT2D eigenvalue weighted by Crippen LogP contribution is -2.39. The number of aromatic carboxylic acids is 1. The van der Waals surface area contributed by atoms with Gasteiger partial charge in [0.2, 0.25) is 0 Å². The van der Waals surface area contributed by atoms with E-state index in [9.17, 15) is 9.59 Å². The second-order valence-electron chi connectivity index (χ2n) is 4.97. The third-order valence-corrected chi connectivity index (χ3v) is 3.63. The van der Waals surface area contributed by atoms with Crippen molar-refractivity contribution in [3.63, 3.8) is 0 Å². The number of rotatable bonds is 4. The molecule has 1 fully saturated rings. The number of hydrogen-bond donors (Lipinski definition) is 2. The van der Waals surface area contributed by atoms with Gasteiger partial charge in [0, 0.05) is 13.1 Å². The number of amides is 2. The van der Waals surface area contributed by atoms with Gasteiger partial charge < -0.3 is 15.3 Å². The minimum atomic E-state index is -1.05. The molecule has 1 atom stereocenters. The molecule has 2 amide bonds. The van der Waals surface area contributed by atoms with Gasteiger partial charge in [0.1, 0.15) is 0 Å². The minimum absolute atomic E-state index is 0.100. The number of nitrogens with one attached hydrogen (secondary N) is 1. The van der Waals surface area contributed by atoms with Crippen molar-refractivity contribution in [2.75, 3.05) is 12.4 Å². The lowest BCUT2D eigenvalue weighted by molar-refractivity contribution is 0.0698. The van der Waals surface area contributed by atoms with E-state index in [0.717, 1.165) is 12.8 Å². The second-order valence-corrected chi connectivity index (χ2v) is 4.97. The lowest BCUT2D eigenvalue weighted by Gasteiger charge is -2.25. The minimum Gasteiger partial charge on any atom is -0.478 e. The molecule has 0 saturated heterocycles. The van der Waals surface area contributed by atoms with Crippen molar-refractivity contribution in [3.8, 4) is 0 Å². The number of carboxylic acids is 1. The van der Waals surface area contributed by atoms with Gasteiger partial charge in [0.05, 0.1) is 11.3 Å². The highest BCUT2D eigenvalue weighted by Crippen LogP contribution is 2.34. The van der Waals surface area contributed by atoms with Crippen molar-refractivity contribution in [1.29, 1.82) is 0 Å². The molecule has 1 saturated carbocycles. The zero-order valence-corrected chi connectivity index (χ0v) is 11.1. The Kier molecular flexibility index (Phi) is 3.74. The Labute approximate surface area is 112 Å². The van der Waals surface area contributed by atoms with Crippen molar-refractivity contribution in [2.45, 2.75) is 25.8 Å². The van der Waals surface area contributed by atoms with Gasteiger partial charge in [-0.05, 0) is 37.8 Å². The van der Waals surface area contributed by atoms with E-state index < -0.39 is 5.97 Å². The Morgan fingerprint density at radius 3 is 2.58 bits per heavy atom. The maximum absolute atomic E-state index is 12.1. The van der Waals surface area contributed by atoms with Crippen LogP contribution in [0.3, 0.4) is 0 Å². The Hall–Kier alpha value is -2.04. The first-order valence-electron chi connectivity index (χ1n) is 6.37. The standard InChI is InChI=1S/C14H18N2O3/c1-9(10-7-8-10)16(2)14(19)15-12-6-4-3-5-11(12)13(17)18/h3-6,9-10H,7-8H2,1-2H3,(H,15,19)(H,17,18). The molecule has 0 aromatic heterocycles. The van der Waals surface area contributed by atoms with Crippen LogP contribution in [0, 0.1) is 5.92 Å². The van der Waals surface area contributed by atoms with Crippen molar-refractivity contribution in [3.05, 3.63) is 29.8 Å². The van der Waals surface area contributed by atoms with Gasteiger partial charge >= 0.3 is 12.0 Å². The summed E-state index contributed by atoms with van der Waals surface area (Å²) in [6, 6.07) is 6.31. The van der Waals surface area contributed by atoms with E-state index in [2.05, 4.69) is 5.32 Å². The van der Waals surface area contributed by atoms with Crippen LogP contribution >= 0.6 is 0 Å². The molecule has 19 heavy (non-hydrogen) atoms. The van der Waals surface area contributed by atoms with Crippen LogP contribution in [0.1, 0.15) is 30.1 Å². The summed E-state index contributed by atoms with van der Waals surface area (Å²) in [4.78, 5) is 24.8. The van der Waals surface area contributed by atoms with Gasteiger partial charge in [-0.25, -0.2) is 9.59 Å². The van der Waals surface area contributed by atoms with E-state index in [1.54, 1.807) is 30.1 Å². The van der Waals surface area contributed by atoms with Crippen LogP contribution in [-0.2, 0) is 0 Å². The Morgan fingerprint density at radius 1 is 1.37 bits per heavy atom. The smallest absolute Gasteiger partial charge is 0.337 e. The van der Waals surface area contributed by atoms with Crippen LogP contribution in [0.25, 0.3) is 0 Å². The van der Waals surface area contributed by atoms with E-state index in [-0.39, 0.29) is 17.6 Å². The Balaban J connectivity index is 2.08. The SMILES string of the molecule is CC(C1CC1)N(C)C(=O)Nc1ccccc1C(=O)O. The van der Waals surface area contributed by atoms with Crippen LogP contribution in [-0.4, -0.2) is 35.1 Å². The summed E-state index contributed by atoms with van der Waals surface area (Å²) in [5.74, 6) is -0.473. The Morgan fingerprint density at radius 2 is 2.00 bits per heavy atom. The number of carbonyl (C=O) groups excluding carboxylic acids is 1. The zero-order valence-electron chi connectivity index (χ0n) is 11.1. The van der Waals surface area contributed by atoms with Gasteiger partial charge in [0.25, 0.3) is 0 Å². The van der Waals surface area contributed by atoms with Crippen molar-refractivity contribution >= 4 is 17.7 Å². The molecule has 0 spiro atoms. The fraction of sp³-hybridized carbons (Fsp3) is 0.429. The van der Waals surface area contributed by atoms with Crippen LogP contribution in [0.4, 0.5) is 10.5 Å². The normalized spacial score (nSPS) is 15.7. The fourth-order valence-electron chi connectivity index (χ4n) is 2.06. The molecule has 0 aliphatic heterocycles. The van der Waals surface area contributed by atoms with Crippen molar-refractivity contribution in [2.24, 2.45) is 5.92 Å². The first-order chi connectivity index (χ1) is 9.00. The van der Waals surface area contributed by atoms with Crippen LogP contribution in [0.15, 0.2) is 24.3 Å². The molecule has 1 aromatic carbocycles. The van der Waals surface area contributed by atoms with Gasteiger partial charge in [-0.3, -0.25) is 0 Å². The monoisotopic (exact) mass is 262 g/mol. The number of nitrogens with zero attached hydrogens (tertiary/aromatic N) is 1. The molecule has 1 unspecified atom stereocenters. The van der Waals surface area contributed by atoms with Crippen molar-refractivity contribution < 1.29 is 14.7 Å². The summed E-state index contributed by atoms with van der Waals surface area (Å²) in [7, 11) is 1.74. The number of carbonyl (C=O) groups is 2. The lowest BCUT2D eigenvalue weighted by atomic mass is 10.2. The van der Waals surface area contributed by atoms with Gasteiger partial charge in [-0.1, -0.05) is 12.1 Å². The van der Waals surface area contributed by atoms with Crippen LogP contribution in [0.5, 0.6) is 0 Å². The average Bonchev–Trinajstić information content (AvgIpc) is 3.21. The zero-order chi connectivity index (χ0) is 14.0. The van der Waals surface area contributed by atoms with Gasteiger partial charge in [-0.15, -0.1) is 0 Å². The summed E-state index contributed by atoms with van der Waals surface area (Å²) in [6.07, 6.45) is 2.31. The average molecular weight is 262 g/mol. The molecular weight excluding hydrogens is 244 g/mol. The molecule has 102 valence electrons. The number of para-hydroxylation sites is 1. The second kappa shape index (κ2) is 5.30. The predicted molar refractivity (Wildman–Crippen MR) is 72.4 cm³/mol. The molecule has 1 aliphatic carbocycles. The quantitative estimate of drug-likeness (QED) is 0.876. The molecule has 5 nitrogen and oxygen atoms in total. The van der Waals surface area contributed by atoms with Crippen LogP contribution in [0.2, 0.25) is 0 Å². The molecule has 2 rings (SSSR count). The third-order valence-electron chi connectivity index (χ3n) is 3.63. The molecular formula is C14H18N2O3. The maximum Gasteiger partial charge on any atom is 0.337 e. The first-order valence-corrected chi connectivity index (χ1v) is 6.37. The Bertz CT molecular complexity index is 497. The molecule has 0 bridgehead atoms. The topological polar surface area (TPSA) is 69.6 Å². The highest BCUT2D eigenvalue weighted by molar-refractivity contribution is 5.99. The number of benzene rings is 1. The number of carboxylic acid groups (broad SMARTS) is 1. The largest absolute Gasteiger partial charge is 0.478 e. The first kappa shape index (κ1) is 13.4. The third kappa shape index (κ3) is 3.05. The summed E-state index contributed by atoms with van der Waals surface area (Å²) >= 11 is 0. The molecule has 5 heteroatoms. The van der Waals surface area contributed by atoms with E-state index >= 15 is 0 Å². The summed E-state index contributed by atoms with van der Waals surface area (Å²) in [6.45, 7) is 2.01. The molecule has 1 aromatic rings. The molecule has 0 heterocycles. The number of urea groups is 1. The molecule has 0 radical (unpaired) electrons. The fourth-order valence-corrected chi connectivity index (χ4v) is 2.06. The summed E-state index contributed by atoms with van der Waals surface area (Å²) < 4.78 is 0. The molecule has 1 aliphatic rings. The highest BCUT2D eigenvalue weighted by Gasteiger charge is 2.32. The maximum atomic E-state index is 12.1. The van der Waals surface area contributed by atoms with E-state index in [4.69, 9.17) is 5.11 Å². The van der Waals surface area contributed by atoms with E-state index in [1.165, 1.54) is 6.07 Å². The van der Waals surface area contributed by atoms with Crippen LogP contribution < -0.4 is 5.32 Å². The highest BCUT2D eigenvalue weighted by atomic mass is 16.4. The van der Waals surface area contributed by atoms with Gasteiger partial charge in [-0.2, -0.15) is 0 Å². The molecule has 2 N–H and O–H groups in total. The number of hydrogen-bond acceptors (Lipinski definition) is 2. The summed E-state index contributed by atoms with van der Waals surface area (Å²) in [5, 5.41) is 11.7.